The van der Waals surface area contributed by atoms with Gasteiger partial charge in [0, 0.05) is 41.6 Å². The van der Waals surface area contributed by atoms with Crippen molar-refractivity contribution in [3.8, 4) is 0 Å². The third-order valence-electron chi connectivity index (χ3n) is 5.80. The minimum Gasteiger partial charge on any atom is -0.465 e. The Kier molecular flexibility index (Phi) is 6.82. The highest BCUT2D eigenvalue weighted by molar-refractivity contribution is 5.90. The molecule has 0 aliphatic carbocycles. The Morgan fingerprint density at radius 1 is 1.00 bits per heavy atom. The summed E-state index contributed by atoms with van der Waals surface area (Å²) in [7, 11) is 0. The lowest BCUT2D eigenvalue weighted by Crippen LogP contribution is -2.58. The van der Waals surface area contributed by atoms with Crippen LogP contribution >= 0.6 is 0 Å². The number of pyridine rings is 1. The van der Waals surface area contributed by atoms with E-state index in [1.165, 1.54) is 4.90 Å². The molecule has 3 aromatic rings. The number of fused-ring (bicyclic) bond motifs is 1. The molecule has 2 aromatic heterocycles. The molecule has 3 amide bonds. The zero-order chi connectivity index (χ0) is 26.0. The van der Waals surface area contributed by atoms with Gasteiger partial charge in [-0.05, 0) is 71.0 Å². The Labute approximate surface area is 209 Å². The summed E-state index contributed by atoms with van der Waals surface area (Å²) < 4.78 is 0. The number of urea groups is 1. The second-order valence-electron chi connectivity index (χ2n) is 10.1. The van der Waals surface area contributed by atoms with Crippen molar-refractivity contribution in [3.05, 3.63) is 42.6 Å². The molecule has 0 unspecified atom stereocenters. The Hall–Kier alpha value is -4.15. The first-order chi connectivity index (χ1) is 17.0. The summed E-state index contributed by atoms with van der Waals surface area (Å²) >= 11 is 0. The molecule has 1 aromatic carbocycles. The molecule has 2 atom stereocenters. The minimum atomic E-state index is -0.879. The van der Waals surface area contributed by atoms with E-state index in [0.717, 1.165) is 16.8 Å². The number of amides is 3. The van der Waals surface area contributed by atoms with Crippen LogP contribution in [-0.4, -0.2) is 67.8 Å². The normalized spacial score (nSPS) is 18.1. The second kappa shape index (κ2) is 9.84. The van der Waals surface area contributed by atoms with Gasteiger partial charge in [-0.15, -0.1) is 0 Å². The number of aromatic nitrogens is 3. The van der Waals surface area contributed by atoms with Crippen molar-refractivity contribution in [3.63, 3.8) is 0 Å². The van der Waals surface area contributed by atoms with Crippen LogP contribution in [0.4, 0.5) is 32.7 Å². The van der Waals surface area contributed by atoms with Crippen molar-refractivity contribution in [2.75, 3.05) is 28.6 Å². The molecule has 1 saturated heterocycles. The third-order valence-corrected chi connectivity index (χ3v) is 5.80. The number of carbonyl (C=O) groups is 2. The third kappa shape index (κ3) is 5.91. The molecular formula is C25H32N8O3. The summed E-state index contributed by atoms with van der Waals surface area (Å²) in [6, 6.07) is 10.8. The van der Waals surface area contributed by atoms with E-state index in [2.05, 4.69) is 35.8 Å². The first-order valence-electron chi connectivity index (χ1n) is 11.8. The number of rotatable bonds is 4. The van der Waals surface area contributed by atoms with E-state index < -0.39 is 6.09 Å². The molecule has 4 N–H and O–H groups in total. The van der Waals surface area contributed by atoms with Gasteiger partial charge in [0.15, 0.2) is 5.65 Å². The quantitative estimate of drug-likeness (QED) is 0.424. The molecule has 1 aliphatic heterocycles. The largest absolute Gasteiger partial charge is 0.465 e. The Bertz CT molecular complexity index is 1250. The fraction of sp³-hybridized carbons (Fsp3) is 0.400. The highest BCUT2D eigenvalue weighted by atomic mass is 16.4. The van der Waals surface area contributed by atoms with Crippen LogP contribution in [0.25, 0.3) is 11.0 Å². The van der Waals surface area contributed by atoms with Gasteiger partial charge in [0.05, 0.1) is 12.1 Å². The van der Waals surface area contributed by atoms with Crippen molar-refractivity contribution < 1.29 is 14.7 Å². The van der Waals surface area contributed by atoms with E-state index in [9.17, 15) is 14.7 Å². The number of anilines is 4. The summed E-state index contributed by atoms with van der Waals surface area (Å²) in [6.07, 6.45) is 0.797. The maximum Gasteiger partial charge on any atom is 0.407 e. The van der Waals surface area contributed by atoms with Crippen LogP contribution in [0.2, 0.25) is 0 Å². The smallest absolute Gasteiger partial charge is 0.407 e. The number of hydrogen-bond acceptors (Lipinski definition) is 7. The van der Waals surface area contributed by atoms with Crippen molar-refractivity contribution >= 4 is 46.3 Å². The summed E-state index contributed by atoms with van der Waals surface area (Å²) in [5, 5.41) is 18.9. The molecular weight excluding hydrogens is 460 g/mol. The Morgan fingerprint density at radius 2 is 1.67 bits per heavy atom. The van der Waals surface area contributed by atoms with Gasteiger partial charge in [0.2, 0.25) is 5.95 Å². The number of carbonyl (C=O) groups excluding carboxylic acids is 1. The second-order valence-corrected chi connectivity index (χ2v) is 10.1. The molecule has 1 fully saturated rings. The van der Waals surface area contributed by atoms with Gasteiger partial charge in [-0.25, -0.2) is 19.6 Å². The molecule has 4 rings (SSSR count). The van der Waals surface area contributed by atoms with Crippen LogP contribution in [0.5, 0.6) is 0 Å². The van der Waals surface area contributed by atoms with Crippen LogP contribution in [0.1, 0.15) is 34.6 Å². The molecule has 0 spiro atoms. The maximum atomic E-state index is 12.2. The summed E-state index contributed by atoms with van der Waals surface area (Å²) in [6.45, 7) is 10.8. The molecule has 11 heteroatoms. The molecule has 0 radical (unpaired) electrons. The lowest BCUT2D eigenvalue weighted by molar-refractivity contribution is 0.0982. The molecule has 1 aliphatic rings. The van der Waals surface area contributed by atoms with Gasteiger partial charge in [-0.2, -0.15) is 4.98 Å². The molecule has 11 nitrogen and oxygen atoms in total. The van der Waals surface area contributed by atoms with Crippen LogP contribution in [0.3, 0.4) is 0 Å². The molecule has 190 valence electrons. The number of nitrogens with one attached hydrogen (secondary N) is 3. The monoisotopic (exact) mass is 492 g/mol. The average molecular weight is 493 g/mol. The first kappa shape index (κ1) is 25.0. The van der Waals surface area contributed by atoms with Gasteiger partial charge < -0.3 is 20.6 Å². The molecule has 0 bridgehead atoms. The molecule has 36 heavy (non-hydrogen) atoms. The van der Waals surface area contributed by atoms with E-state index in [-0.39, 0.29) is 23.7 Å². The van der Waals surface area contributed by atoms with Gasteiger partial charge in [0.1, 0.15) is 5.82 Å². The van der Waals surface area contributed by atoms with Crippen LogP contribution < -0.4 is 20.9 Å². The van der Waals surface area contributed by atoms with Gasteiger partial charge in [-0.3, -0.25) is 10.2 Å². The zero-order valence-corrected chi connectivity index (χ0v) is 21.1. The Morgan fingerprint density at radius 3 is 2.28 bits per heavy atom. The van der Waals surface area contributed by atoms with E-state index in [4.69, 9.17) is 0 Å². The number of hydrogen-bond donors (Lipinski definition) is 4. The fourth-order valence-corrected chi connectivity index (χ4v) is 4.32. The van der Waals surface area contributed by atoms with E-state index >= 15 is 0 Å². The van der Waals surface area contributed by atoms with Gasteiger partial charge in [-0.1, -0.05) is 0 Å². The van der Waals surface area contributed by atoms with E-state index in [1.54, 1.807) is 18.3 Å². The van der Waals surface area contributed by atoms with Crippen molar-refractivity contribution in [2.45, 2.75) is 52.2 Å². The summed E-state index contributed by atoms with van der Waals surface area (Å²) in [5.74, 6) is 0.779. The molecule has 3 heterocycles. The SMILES string of the molecule is C[C@@H]1CN(c2ccc(Nc3ncc4ccc(NC(=O)NC(C)(C)C)nc4n3)cc2)C[C@H](C)N1C(=O)O. The lowest BCUT2D eigenvalue weighted by Gasteiger charge is -2.43. The average Bonchev–Trinajstić information content (AvgIpc) is 2.77. The minimum absolute atomic E-state index is 0.0959. The van der Waals surface area contributed by atoms with Crippen LogP contribution in [0, 0.1) is 0 Å². The summed E-state index contributed by atoms with van der Waals surface area (Å²) in [5.41, 5.74) is 1.92. The van der Waals surface area contributed by atoms with Crippen LogP contribution in [-0.2, 0) is 0 Å². The topological polar surface area (TPSA) is 136 Å². The van der Waals surface area contributed by atoms with E-state index in [0.29, 0.717) is 30.5 Å². The predicted molar refractivity (Wildman–Crippen MR) is 140 cm³/mol. The molecule has 0 saturated carbocycles. The van der Waals surface area contributed by atoms with Crippen molar-refractivity contribution in [1.29, 1.82) is 0 Å². The van der Waals surface area contributed by atoms with Gasteiger partial charge in [0.25, 0.3) is 0 Å². The lowest BCUT2D eigenvalue weighted by atomic mass is 10.1. The number of nitrogens with zero attached hydrogens (tertiary/aromatic N) is 5. The highest BCUT2D eigenvalue weighted by Crippen LogP contribution is 2.25. The van der Waals surface area contributed by atoms with Gasteiger partial charge >= 0.3 is 12.1 Å². The fourth-order valence-electron chi connectivity index (χ4n) is 4.32. The predicted octanol–water partition coefficient (Wildman–Crippen LogP) is 4.27. The van der Waals surface area contributed by atoms with E-state index in [1.807, 2.05) is 58.9 Å². The van der Waals surface area contributed by atoms with Crippen molar-refractivity contribution in [2.24, 2.45) is 0 Å². The van der Waals surface area contributed by atoms with Crippen LogP contribution in [0.15, 0.2) is 42.6 Å². The zero-order valence-electron chi connectivity index (χ0n) is 21.1. The standard InChI is InChI=1S/C25H32N8O3/c1-15-13-32(14-16(2)33(15)24(35)36)19-9-7-18(8-10-19)27-22-26-12-17-6-11-20(28-21(17)30-22)29-23(34)31-25(3,4)5/h6-12,15-16H,13-14H2,1-5H3,(H,35,36)(H3,26,27,28,29,30,31,34)/t15-,16+. The summed E-state index contributed by atoms with van der Waals surface area (Å²) in [4.78, 5) is 40.7. The highest BCUT2D eigenvalue weighted by Gasteiger charge is 2.32. The first-order valence-corrected chi connectivity index (χ1v) is 11.8. The maximum absolute atomic E-state index is 12.2. The number of benzene rings is 1. The van der Waals surface area contributed by atoms with Crippen molar-refractivity contribution in [1.82, 2.24) is 25.2 Å². The Balaban J connectivity index is 1.44. The number of carboxylic acid groups (broad SMARTS) is 1. The number of piperazine rings is 1.